The van der Waals surface area contributed by atoms with Crippen LogP contribution in [0.25, 0.3) is 0 Å². The van der Waals surface area contributed by atoms with E-state index in [1.807, 2.05) is 31.2 Å². The third kappa shape index (κ3) is 6.87. The van der Waals surface area contributed by atoms with E-state index in [2.05, 4.69) is 69.2 Å². The second kappa shape index (κ2) is 12.8. The Balaban J connectivity index is 1.35. The van der Waals surface area contributed by atoms with Crippen molar-refractivity contribution < 1.29 is 9.53 Å². The molecule has 6 nitrogen and oxygen atoms in total. The van der Waals surface area contributed by atoms with Crippen LogP contribution < -0.4 is 15.0 Å². The summed E-state index contributed by atoms with van der Waals surface area (Å²) >= 11 is 0. The van der Waals surface area contributed by atoms with Gasteiger partial charge >= 0.3 is 0 Å². The van der Waals surface area contributed by atoms with Gasteiger partial charge in [0.15, 0.2) is 0 Å². The van der Waals surface area contributed by atoms with Gasteiger partial charge in [-0.2, -0.15) is 0 Å². The van der Waals surface area contributed by atoms with E-state index in [0.29, 0.717) is 18.7 Å². The molecule has 1 amide bonds. The average Bonchev–Trinajstić information content (AvgIpc) is 2.92. The summed E-state index contributed by atoms with van der Waals surface area (Å²) in [6.45, 7) is 10.0. The van der Waals surface area contributed by atoms with Crippen LogP contribution in [-0.2, 0) is 6.54 Å². The normalized spacial score (nSPS) is 13.6. The van der Waals surface area contributed by atoms with Crippen LogP contribution in [0.5, 0.6) is 5.75 Å². The smallest absolute Gasteiger partial charge is 0.251 e. The van der Waals surface area contributed by atoms with Gasteiger partial charge in [-0.1, -0.05) is 37.0 Å². The van der Waals surface area contributed by atoms with Gasteiger partial charge in [-0.3, -0.25) is 14.7 Å². The van der Waals surface area contributed by atoms with Gasteiger partial charge in [-0.25, -0.2) is 0 Å². The molecular formula is C30H34N4O2. The maximum atomic E-state index is 12.2. The van der Waals surface area contributed by atoms with Gasteiger partial charge in [0.05, 0.1) is 12.8 Å². The molecule has 3 aromatic rings. The lowest BCUT2D eigenvalue weighted by atomic mass is 10.1. The second-order valence-electron chi connectivity index (χ2n) is 8.82. The molecule has 2 aromatic carbocycles. The van der Waals surface area contributed by atoms with Crippen molar-refractivity contribution >= 4 is 11.6 Å². The quantitative estimate of drug-likeness (QED) is 0.484. The van der Waals surface area contributed by atoms with E-state index in [1.54, 1.807) is 12.4 Å². The zero-order valence-electron chi connectivity index (χ0n) is 21.2. The highest BCUT2D eigenvalue weighted by Crippen LogP contribution is 2.19. The van der Waals surface area contributed by atoms with Crippen LogP contribution in [0.15, 0.2) is 67.0 Å². The molecule has 0 bridgehead atoms. The Hall–Kier alpha value is -3.82. The number of nitrogens with one attached hydrogen (secondary N) is 1. The van der Waals surface area contributed by atoms with Crippen molar-refractivity contribution in [2.24, 2.45) is 0 Å². The lowest BCUT2D eigenvalue weighted by Gasteiger charge is -2.36. The Labute approximate surface area is 214 Å². The van der Waals surface area contributed by atoms with Crippen molar-refractivity contribution in [1.29, 1.82) is 0 Å². The molecule has 0 spiro atoms. The number of anilines is 1. The molecule has 0 atom stereocenters. The summed E-state index contributed by atoms with van der Waals surface area (Å²) in [6, 6.07) is 18.2. The Morgan fingerprint density at radius 2 is 1.78 bits per heavy atom. The zero-order chi connectivity index (χ0) is 25.2. The summed E-state index contributed by atoms with van der Waals surface area (Å²) in [4.78, 5) is 21.2. The van der Waals surface area contributed by atoms with Crippen molar-refractivity contribution in [3.05, 3.63) is 89.2 Å². The van der Waals surface area contributed by atoms with E-state index in [9.17, 15) is 4.79 Å². The van der Waals surface area contributed by atoms with Crippen LogP contribution in [0.1, 0.15) is 47.3 Å². The number of aromatic nitrogens is 1. The molecule has 0 unspecified atom stereocenters. The lowest BCUT2D eigenvalue weighted by Crippen LogP contribution is -2.46. The number of ether oxygens (including phenoxy) is 1. The summed E-state index contributed by atoms with van der Waals surface area (Å²) < 4.78 is 5.53. The molecule has 36 heavy (non-hydrogen) atoms. The van der Waals surface area contributed by atoms with Gasteiger partial charge in [0.2, 0.25) is 0 Å². The molecule has 186 valence electrons. The Bertz CT molecular complexity index is 1210. The minimum Gasteiger partial charge on any atom is -0.492 e. The first-order chi connectivity index (χ1) is 17.7. The van der Waals surface area contributed by atoms with Crippen LogP contribution in [0.3, 0.4) is 0 Å². The van der Waals surface area contributed by atoms with Crippen LogP contribution in [0.4, 0.5) is 5.69 Å². The monoisotopic (exact) mass is 482 g/mol. The van der Waals surface area contributed by atoms with Crippen LogP contribution >= 0.6 is 0 Å². The van der Waals surface area contributed by atoms with E-state index in [1.165, 1.54) is 5.56 Å². The second-order valence-corrected chi connectivity index (χ2v) is 8.82. The number of benzene rings is 2. The summed E-state index contributed by atoms with van der Waals surface area (Å²) in [5, 5.41) is 2.93. The number of carbonyl (C=O) groups excluding carboxylic acids is 1. The first-order valence-electron chi connectivity index (χ1n) is 12.7. The first-order valence-corrected chi connectivity index (χ1v) is 12.7. The van der Waals surface area contributed by atoms with Crippen molar-refractivity contribution in [1.82, 2.24) is 15.2 Å². The molecule has 0 aliphatic carbocycles. The Kier molecular flexibility index (Phi) is 8.96. The summed E-state index contributed by atoms with van der Waals surface area (Å²) in [5.41, 5.74) is 4.99. The van der Waals surface area contributed by atoms with Crippen LogP contribution in [0, 0.1) is 11.8 Å². The maximum Gasteiger partial charge on any atom is 0.251 e. The van der Waals surface area contributed by atoms with Gasteiger partial charge in [-0.05, 0) is 55.3 Å². The lowest BCUT2D eigenvalue weighted by molar-refractivity contribution is 0.0953. The fourth-order valence-corrected chi connectivity index (χ4v) is 4.22. The molecule has 1 fully saturated rings. The number of hydrogen-bond acceptors (Lipinski definition) is 5. The first kappa shape index (κ1) is 25.3. The number of nitrogens with zero attached hydrogens (tertiary/aromatic N) is 3. The van der Waals surface area contributed by atoms with Crippen LogP contribution in [-0.4, -0.2) is 55.1 Å². The minimum atomic E-state index is -0.00626. The highest BCUT2D eigenvalue weighted by atomic mass is 16.5. The molecule has 1 saturated heterocycles. The predicted molar refractivity (Wildman–Crippen MR) is 144 cm³/mol. The molecule has 1 aliphatic rings. The molecule has 4 rings (SSSR count). The third-order valence-corrected chi connectivity index (χ3v) is 6.18. The summed E-state index contributed by atoms with van der Waals surface area (Å²) in [7, 11) is 0. The van der Waals surface area contributed by atoms with E-state index in [0.717, 1.165) is 61.7 Å². The molecule has 1 N–H and O–H groups in total. The zero-order valence-corrected chi connectivity index (χ0v) is 21.2. The molecular weight excluding hydrogens is 448 g/mol. The number of carbonyl (C=O) groups is 1. The third-order valence-electron chi connectivity index (χ3n) is 6.18. The van der Waals surface area contributed by atoms with Crippen LogP contribution in [0.2, 0.25) is 0 Å². The summed E-state index contributed by atoms with van der Waals surface area (Å²) in [6.07, 6.45) is 4.41. The number of pyridine rings is 1. The number of amides is 1. The van der Waals surface area contributed by atoms with E-state index in [4.69, 9.17) is 4.74 Å². The molecule has 1 aliphatic heterocycles. The van der Waals surface area contributed by atoms with Gasteiger partial charge in [0.1, 0.15) is 5.75 Å². The fraction of sp³-hybridized carbons (Fsp3) is 0.333. The molecule has 0 saturated carbocycles. The molecule has 6 heteroatoms. The molecule has 2 heterocycles. The Morgan fingerprint density at radius 3 is 2.53 bits per heavy atom. The summed E-state index contributed by atoms with van der Waals surface area (Å²) in [5.74, 6) is 7.31. The van der Waals surface area contributed by atoms with Gasteiger partial charge in [-0.15, -0.1) is 0 Å². The number of hydrogen-bond donors (Lipinski definition) is 1. The maximum absolute atomic E-state index is 12.2. The molecule has 0 radical (unpaired) electrons. The number of rotatable bonds is 8. The van der Waals surface area contributed by atoms with Gasteiger partial charge < -0.3 is 15.0 Å². The average molecular weight is 483 g/mol. The predicted octanol–water partition coefficient (Wildman–Crippen LogP) is 4.34. The molecule has 1 aromatic heterocycles. The fourth-order valence-electron chi connectivity index (χ4n) is 4.22. The van der Waals surface area contributed by atoms with Crippen molar-refractivity contribution in [2.75, 3.05) is 44.2 Å². The van der Waals surface area contributed by atoms with Crippen molar-refractivity contribution in [2.45, 2.75) is 26.8 Å². The largest absolute Gasteiger partial charge is 0.492 e. The van der Waals surface area contributed by atoms with E-state index < -0.39 is 0 Å². The Morgan fingerprint density at radius 1 is 1.00 bits per heavy atom. The van der Waals surface area contributed by atoms with E-state index >= 15 is 0 Å². The van der Waals surface area contributed by atoms with Crippen molar-refractivity contribution in [3.63, 3.8) is 0 Å². The SMILES string of the molecule is CCCNC(=O)c1ccc(N2CCN(Cc3ccccc3C#Cc3cncc(OCC)c3)CC2)cc1. The van der Waals surface area contributed by atoms with Gasteiger partial charge in [0.25, 0.3) is 5.91 Å². The highest BCUT2D eigenvalue weighted by molar-refractivity contribution is 5.94. The van der Waals surface area contributed by atoms with Gasteiger partial charge in [0, 0.05) is 67.8 Å². The van der Waals surface area contributed by atoms with E-state index in [-0.39, 0.29) is 5.91 Å². The topological polar surface area (TPSA) is 57.7 Å². The highest BCUT2D eigenvalue weighted by Gasteiger charge is 2.18. The standard InChI is InChI=1S/C30H34N4O2/c1-3-15-32-30(35)26-11-13-28(14-12-26)34-18-16-33(17-19-34)23-27-8-6-5-7-25(27)10-9-24-20-29(36-4-2)22-31-21-24/h5-8,11-14,20-22H,3-4,15-19,23H2,1-2H3,(H,32,35). The minimum absolute atomic E-state index is 0.00626. The number of piperazine rings is 1. The van der Waals surface area contributed by atoms with Crippen molar-refractivity contribution in [3.8, 4) is 17.6 Å².